The minimum atomic E-state index is 0.0262. The number of aliphatic hydroxyl groups excluding tert-OH is 1. The van der Waals surface area contributed by atoms with E-state index in [-0.39, 0.29) is 6.61 Å². The fraction of sp³-hybridized carbons (Fsp3) is 0.0714. The molecule has 5 rings (SSSR count). The molecule has 0 amide bonds. The van der Waals surface area contributed by atoms with Gasteiger partial charge in [0.2, 0.25) is 0 Å². The van der Waals surface area contributed by atoms with Crippen molar-refractivity contribution in [1.82, 2.24) is 0 Å². The Morgan fingerprint density at radius 1 is 0.581 bits per heavy atom. The van der Waals surface area contributed by atoms with Gasteiger partial charge in [-0.25, -0.2) is 0 Å². The molecule has 0 unspecified atom stereocenters. The molecule has 0 saturated heterocycles. The fourth-order valence-electron chi connectivity index (χ4n) is 4.47. The molecule has 0 aromatic heterocycles. The first kappa shape index (κ1) is 19.6. The average molecular weight is 402 g/mol. The Morgan fingerprint density at radius 2 is 1.10 bits per heavy atom. The van der Waals surface area contributed by atoms with E-state index in [2.05, 4.69) is 103 Å². The highest BCUT2D eigenvalue weighted by Crippen LogP contribution is 2.40. The van der Waals surface area contributed by atoms with E-state index in [1.54, 1.807) is 0 Å². The summed E-state index contributed by atoms with van der Waals surface area (Å²) in [6.07, 6.45) is 0. The predicted molar refractivity (Wildman–Crippen MR) is 132 cm³/mol. The van der Waals surface area contributed by atoms with Crippen LogP contribution in [-0.4, -0.2) is 25.8 Å². The molecular formula is C28H23BO2. The summed E-state index contributed by atoms with van der Waals surface area (Å²) in [6, 6.07) is 36.3. The molecule has 0 aliphatic rings. The fourth-order valence-corrected chi connectivity index (χ4v) is 4.47. The number of fused-ring (bicyclic) bond motifs is 2. The Morgan fingerprint density at radius 3 is 1.71 bits per heavy atom. The van der Waals surface area contributed by atoms with Gasteiger partial charge in [0.15, 0.2) is 0 Å². The van der Waals surface area contributed by atoms with Crippen LogP contribution in [0, 0.1) is 0 Å². The molecule has 31 heavy (non-hydrogen) atoms. The van der Waals surface area contributed by atoms with Crippen LogP contribution < -0.4 is 5.46 Å². The summed E-state index contributed by atoms with van der Waals surface area (Å²) in [5.41, 5.74) is 6.07. The van der Waals surface area contributed by atoms with Gasteiger partial charge in [0.05, 0.1) is 13.2 Å². The molecule has 0 radical (unpaired) electrons. The summed E-state index contributed by atoms with van der Waals surface area (Å²) in [4.78, 5) is 0. The smallest absolute Gasteiger partial charge is 0.309 e. The van der Waals surface area contributed by atoms with Gasteiger partial charge in [-0.05, 0) is 49.3 Å². The molecule has 0 atom stereocenters. The number of hydrogen-bond donors (Lipinski definition) is 1. The molecule has 0 spiro atoms. The topological polar surface area (TPSA) is 29.5 Å². The third-order valence-corrected chi connectivity index (χ3v) is 5.81. The lowest BCUT2D eigenvalue weighted by Gasteiger charge is -2.19. The molecule has 0 saturated carbocycles. The maximum absolute atomic E-state index is 9.18. The number of hydrogen-bond acceptors (Lipinski definition) is 2. The normalized spacial score (nSPS) is 11.1. The molecule has 3 heteroatoms. The van der Waals surface area contributed by atoms with Gasteiger partial charge in [-0.15, -0.1) is 0 Å². The Hall–Kier alpha value is -3.40. The second-order valence-corrected chi connectivity index (χ2v) is 7.63. The molecular weight excluding hydrogens is 379 g/mol. The quantitative estimate of drug-likeness (QED) is 0.237. The van der Waals surface area contributed by atoms with Gasteiger partial charge >= 0.3 is 7.48 Å². The highest BCUT2D eigenvalue weighted by molar-refractivity contribution is 6.56. The molecule has 0 aliphatic heterocycles. The van der Waals surface area contributed by atoms with E-state index in [1.807, 2.05) is 0 Å². The first-order chi connectivity index (χ1) is 15.4. The molecule has 5 aromatic carbocycles. The van der Waals surface area contributed by atoms with Gasteiger partial charge < -0.3 is 9.76 Å². The number of benzene rings is 5. The third kappa shape index (κ3) is 3.63. The minimum Gasteiger partial charge on any atom is -0.432 e. The zero-order valence-electron chi connectivity index (χ0n) is 17.3. The van der Waals surface area contributed by atoms with Crippen LogP contribution in [0.1, 0.15) is 0 Å². The molecule has 150 valence electrons. The van der Waals surface area contributed by atoms with Crippen molar-refractivity contribution in [3.63, 3.8) is 0 Å². The maximum atomic E-state index is 9.18. The van der Waals surface area contributed by atoms with E-state index in [0.717, 1.165) is 0 Å². The highest BCUT2D eigenvalue weighted by atomic mass is 16.4. The average Bonchev–Trinajstić information content (AvgIpc) is 2.84. The summed E-state index contributed by atoms with van der Waals surface area (Å²) >= 11 is 0. The van der Waals surface area contributed by atoms with Crippen molar-refractivity contribution < 1.29 is 9.76 Å². The second kappa shape index (κ2) is 8.77. The van der Waals surface area contributed by atoms with Crippen LogP contribution in [0.4, 0.5) is 0 Å². The summed E-state index contributed by atoms with van der Waals surface area (Å²) < 4.78 is 5.77. The van der Waals surface area contributed by atoms with Gasteiger partial charge in [0.1, 0.15) is 0 Å². The van der Waals surface area contributed by atoms with E-state index < -0.39 is 0 Å². The minimum absolute atomic E-state index is 0.0262. The summed E-state index contributed by atoms with van der Waals surface area (Å²) in [7, 11) is 0.474. The van der Waals surface area contributed by atoms with E-state index in [0.29, 0.717) is 14.1 Å². The van der Waals surface area contributed by atoms with Gasteiger partial charge in [0, 0.05) is 0 Å². The molecule has 5 aromatic rings. The zero-order valence-corrected chi connectivity index (χ0v) is 17.3. The SMILES string of the molecule is OCCOBc1c2ccccc2c(-c2ccccc2-c2ccccc2)c2ccccc12. The van der Waals surface area contributed by atoms with Crippen LogP contribution in [0.25, 0.3) is 43.8 Å². The molecule has 0 bridgehead atoms. The lowest BCUT2D eigenvalue weighted by atomic mass is 9.76. The Balaban J connectivity index is 1.85. The second-order valence-electron chi connectivity index (χ2n) is 7.63. The van der Waals surface area contributed by atoms with E-state index >= 15 is 0 Å². The summed E-state index contributed by atoms with van der Waals surface area (Å²) in [6.45, 7) is 0.361. The molecule has 0 aliphatic carbocycles. The lowest BCUT2D eigenvalue weighted by molar-refractivity contribution is 0.209. The molecule has 0 fully saturated rings. The van der Waals surface area contributed by atoms with Gasteiger partial charge in [0.25, 0.3) is 0 Å². The van der Waals surface area contributed by atoms with Crippen molar-refractivity contribution >= 4 is 34.5 Å². The van der Waals surface area contributed by atoms with Crippen molar-refractivity contribution in [1.29, 1.82) is 0 Å². The van der Waals surface area contributed by atoms with Crippen molar-refractivity contribution in [2.24, 2.45) is 0 Å². The monoisotopic (exact) mass is 402 g/mol. The highest BCUT2D eigenvalue weighted by Gasteiger charge is 2.18. The predicted octanol–water partition coefficient (Wildman–Crippen LogP) is 5.31. The largest absolute Gasteiger partial charge is 0.432 e. The molecule has 0 heterocycles. The summed E-state index contributed by atoms with van der Waals surface area (Å²) in [5.74, 6) is 0. The standard InChI is InChI=1S/C28H23BO2/c30-18-19-31-29-28-25-16-8-6-14-23(25)27(24-15-7-9-17-26(24)28)22-13-5-4-12-21(22)20-10-2-1-3-11-20/h1-17,29-30H,18-19H2. The van der Waals surface area contributed by atoms with Gasteiger partial charge in [-0.3, -0.25) is 0 Å². The van der Waals surface area contributed by atoms with E-state index in [1.165, 1.54) is 49.3 Å². The Bertz CT molecular complexity index is 1290. The van der Waals surface area contributed by atoms with E-state index in [4.69, 9.17) is 4.65 Å². The van der Waals surface area contributed by atoms with Crippen molar-refractivity contribution in [3.05, 3.63) is 103 Å². The Kier molecular flexibility index (Phi) is 5.53. The van der Waals surface area contributed by atoms with Crippen LogP contribution in [0.15, 0.2) is 103 Å². The van der Waals surface area contributed by atoms with Crippen LogP contribution >= 0.6 is 0 Å². The van der Waals surface area contributed by atoms with Crippen molar-refractivity contribution in [2.45, 2.75) is 0 Å². The van der Waals surface area contributed by atoms with Gasteiger partial charge in [-0.1, -0.05) is 103 Å². The third-order valence-electron chi connectivity index (χ3n) is 5.81. The molecule has 2 nitrogen and oxygen atoms in total. The number of aliphatic hydroxyl groups is 1. The summed E-state index contributed by atoms with van der Waals surface area (Å²) in [5, 5.41) is 14.0. The molecule has 1 N–H and O–H groups in total. The van der Waals surface area contributed by atoms with Crippen LogP contribution in [0.3, 0.4) is 0 Å². The van der Waals surface area contributed by atoms with E-state index in [9.17, 15) is 5.11 Å². The lowest BCUT2D eigenvalue weighted by Crippen LogP contribution is -2.21. The Labute approximate surface area is 183 Å². The van der Waals surface area contributed by atoms with Crippen molar-refractivity contribution in [2.75, 3.05) is 13.2 Å². The van der Waals surface area contributed by atoms with Crippen LogP contribution in [0.5, 0.6) is 0 Å². The zero-order chi connectivity index (χ0) is 21.0. The first-order valence-corrected chi connectivity index (χ1v) is 10.6. The van der Waals surface area contributed by atoms with Crippen LogP contribution in [-0.2, 0) is 4.65 Å². The number of rotatable bonds is 6. The maximum Gasteiger partial charge on any atom is 0.309 e. The van der Waals surface area contributed by atoms with Crippen LogP contribution in [0.2, 0.25) is 0 Å². The first-order valence-electron chi connectivity index (χ1n) is 10.6. The van der Waals surface area contributed by atoms with Gasteiger partial charge in [-0.2, -0.15) is 0 Å². The van der Waals surface area contributed by atoms with Crippen molar-refractivity contribution in [3.8, 4) is 22.3 Å².